The third kappa shape index (κ3) is 28.8. The fourth-order valence-electron chi connectivity index (χ4n) is 5.62. The van der Waals surface area contributed by atoms with Gasteiger partial charge in [-0.3, -0.25) is 9.59 Å². The zero-order valence-electron chi connectivity index (χ0n) is 31.1. The van der Waals surface area contributed by atoms with Crippen LogP contribution in [0, 0.1) is 0 Å². The van der Waals surface area contributed by atoms with Crippen molar-refractivity contribution in [3.63, 3.8) is 0 Å². The number of hydrogen-bond acceptors (Lipinski definition) is 10. The smallest absolute Gasteiger partial charge is 0.306 e. The van der Waals surface area contributed by atoms with Crippen molar-refractivity contribution < 1.29 is 49.3 Å². The van der Waals surface area contributed by atoms with E-state index < -0.39 is 43.1 Å². The number of aliphatic hydroxyl groups is 5. The van der Waals surface area contributed by atoms with Crippen molar-refractivity contribution >= 4 is 11.9 Å². The molecule has 1 aliphatic rings. The van der Waals surface area contributed by atoms with E-state index in [2.05, 4.69) is 26.0 Å². The molecule has 0 aromatic heterocycles. The molecule has 0 spiro atoms. The SMILES string of the molecule is CCCCCCCC/C=C\CCCCCCCC(=O)O[C@H](CO)[C@H]1OC[C@H](O)[C@H]1O.CCCCCCCCCCCC(=O)OCC(O)CO. The van der Waals surface area contributed by atoms with Gasteiger partial charge in [0, 0.05) is 12.8 Å². The minimum absolute atomic E-state index is 0.0197. The Morgan fingerprint density at radius 2 is 1.12 bits per heavy atom. The summed E-state index contributed by atoms with van der Waals surface area (Å²) in [5.74, 6) is -0.681. The van der Waals surface area contributed by atoms with E-state index >= 15 is 0 Å². The van der Waals surface area contributed by atoms with Gasteiger partial charge in [0.1, 0.15) is 31.0 Å². The van der Waals surface area contributed by atoms with Crippen molar-refractivity contribution in [1.82, 2.24) is 0 Å². The summed E-state index contributed by atoms with van der Waals surface area (Å²) in [6, 6.07) is 0. The Labute approximate surface area is 298 Å². The Morgan fingerprint density at radius 1 is 0.673 bits per heavy atom. The number of ether oxygens (including phenoxy) is 3. The minimum Gasteiger partial charge on any atom is -0.463 e. The predicted molar refractivity (Wildman–Crippen MR) is 194 cm³/mol. The van der Waals surface area contributed by atoms with Gasteiger partial charge in [0.2, 0.25) is 0 Å². The number of hydrogen-bond donors (Lipinski definition) is 5. The fourth-order valence-corrected chi connectivity index (χ4v) is 5.62. The zero-order valence-corrected chi connectivity index (χ0v) is 31.1. The number of carbonyl (C=O) groups is 2. The molecule has 10 nitrogen and oxygen atoms in total. The highest BCUT2D eigenvalue weighted by Gasteiger charge is 2.41. The first-order chi connectivity index (χ1) is 23.8. The predicted octanol–water partition coefficient (Wildman–Crippen LogP) is 6.85. The van der Waals surface area contributed by atoms with Gasteiger partial charge in [-0.05, 0) is 38.5 Å². The molecule has 0 amide bonds. The monoisotopic (exact) mass is 703 g/mol. The highest BCUT2D eigenvalue weighted by Crippen LogP contribution is 2.20. The highest BCUT2D eigenvalue weighted by molar-refractivity contribution is 5.69. The molecule has 1 fully saturated rings. The second-order valence-corrected chi connectivity index (χ2v) is 13.5. The van der Waals surface area contributed by atoms with Gasteiger partial charge in [-0.1, -0.05) is 129 Å². The second-order valence-electron chi connectivity index (χ2n) is 13.5. The second kappa shape index (κ2) is 34.9. The molecule has 49 heavy (non-hydrogen) atoms. The summed E-state index contributed by atoms with van der Waals surface area (Å²) in [5, 5.41) is 46.3. The average Bonchev–Trinajstić information content (AvgIpc) is 3.44. The van der Waals surface area contributed by atoms with E-state index in [4.69, 9.17) is 24.4 Å². The summed E-state index contributed by atoms with van der Waals surface area (Å²) in [7, 11) is 0. The van der Waals surface area contributed by atoms with Crippen LogP contribution in [0.5, 0.6) is 0 Å². The lowest BCUT2D eigenvalue weighted by atomic mass is 10.1. The van der Waals surface area contributed by atoms with Crippen molar-refractivity contribution in [3.8, 4) is 0 Å². The lowest BCUT2D eigenvalue weighted by Crippen LogP contribution is -2.43. The van der Waals surface area contributed by atoms with E-state index in [1.807, 2.05) is 0 Å². The van der Waals surface area contributed by atoms with Crippen LogP contribution in [0.4, 0.5) is 0 Å². The van der Waals surface area contributed by atoms with Gasteiger partial charge < -0.3 is 39.7 Å². The molecule has 10 heteroatoms. The van der Waals surface area contributed by atoms with Crippen LogP contribution in [0.2, 0.25) is 0 Å². The summed E-state index contributed by atoms with van der Waals surface area (Å²) < 4.78 is 15.3. The number of carbonyl (C=O) groups excluding carboxylic acids is 2. The van der Waals surface area contributed by atoms with Gasteiger partial charge in [0.05, 0.1) is 19.8 Å². The van der Waals surface area contributed by atoms with E-state index in [0.717, 1.165) is 44.9 Å². The van der Waals surface area contributed by atoms with Crippen molar-refractivity contribution in [3.05, 3.63) is 12.2 Å². The van der Waals surface area contributed by atoms with Crippen molar-refractivity contribution in [1.29, 1.82) is 0 Å². The van der Waals surface area contributed by atoms with E-state index in [9.17, 15) is 24.9 Å². The van der Waals surface area contributed by atoms with Crippen LogP contribution in [0.15, 0.2) is 12.2 Å². The molecular weight excluding hydrogens is 628 g/mol. The molecule has 1 saturated heterocycles. The van der Waals surface area contributed by atoms with Crippen LogP contribution >= 0.6 is 0 Å². The molecule has 0 aromatic carbocycles. The van der Waals surface area contributed by atoms with Crippen LogP contribution in [-0.2, 0) is 23.8 Å². The first-order valence-corrected chi connectivity index (χ1v) is 19.7. The van der Waals surface area contributed by atoms with Gasteiger partial charge in [0.25, 0.3) is 0 Å². The molecule has 1 unspecified atom stereocenters. The number of rotatable bonds is 31. The molecule has 5 atom stereocenters. The maximum Gasteiger partial charge on any atom is 0.306 e. The summed E-state index contributed by atoms with van der Waals surface area (Å²) >= 11 is 0. The van der Waals surface area contributed by atoms with Crippen LogP contribution in [0.1, 0.15) is 168 Å². The molecule has 5 N–H and O–H groups in total. The third-order valence-corrected chi connectivity index (χ3v) is 8.79. The van der Waals surface area contributed by atoms with Gasteiger partial charge in [-0.25, -0.2) is 0 Å². The average molecular weight is 703 g/mol. The molecule has 1 heterocycles. The molecule has 290 valence electrons. The largest absolute Gasteiger partial charge is 0.463 e. The molecule has 1 aliphatic heterocycles. The standard InChI is InChI=1S/C24H44O6.C15H30O4/c1-2-3-4-5-6-7-8-9-10-11-12-13-14-15-16-17-22(27)30-21(18-25)24-23(28)20(26)19-29-24;1-2-3-4-5-6-7-8-9-10-11-15(18)19-13-14(17)12-16/h9-10,20-21,23-26,28H,2-8,11-19H2,1H3;14,16-17H,2-13H2,1H3/b10-9-;/t20-,21+,23+,24+;/m0./s1. The van der Waals surface area contributed by atoms with Crippen molar-refractivity contribution in [2.45, 2.75) is 198 Å². The molecule has 0 aromatic rings. The van der Waals surface area contributed by atoms with Gasteiger partial charge in [0.15, 0.2) is 6.10 Å². The summed E-state index contributed by atoms with van der Waals surface area (Å²) in [4.78, 5) is 23.2. The first-order valence-electron chi connectivity index (χ1n) is 19.7. The number of unbranched alkanes of at least 4 members (excludes halogenated alkanes) is 19. The van der Waals surface area contributed by atoms with Crippen LogP contribution in [0.3, 0.4) is 0 Å². The third-order valence-electron chi connectivity index (χ3n) is 8.79. The van der Waals surface area contributed by atoms with Crippen molar-refractivity contribution in [2.75, 3.05) is 26.4 Å². The number of allylic oxidation sites excluding steroid dienone is 2. The lowest BCUT2D eigenvalue weighted by molar-refractivity contribution is -0.162. The maximum absolute atomic E-state index is 11.9. The molecule has 0 bridgehead atoms. The van der Waals surface area contributed by atoms with Crippen LogP contribution < -0.4 is 0 Å². The highest BCUT2D eigenvalue weighted by atomic mass is 16.6. The van der Waals surface area contributed by atoms with E-state index in [1.54, 1.807) is 0 Å². The lowest BCUT2D eigenvalue weighted by Gasteiger charge is -2.24. The Balaban J connectivity index is 0.00000105. The topological polar surface area (TPSA) is 163 Å². The van der Waals surface area contributed by atoms with Crippen LogP contribution in [-0.4, -0.2) is 94.4 Å². The normalized spacial score (nSPS) is 18.6. The minimum atomic E-state index is -1.14. The Bertz CT molecular complexity index is 777. The quantitative estimate of drug-likeness (QED) is 0.0293. The maximum atomic E-state index is 11.9. The Hall–Kier alpha value is -1.56. The van der Waals surface area contributed by atoms with Gasteiger partial charge in [-0.15, -0.1) is 0 Å². The van der Waals surface area contributed by atoms with Crippen molar-refractivity contribution in [2.24, 2.45) is 0 Å². The summed E-state index contributed by atoms with van der Waals surface area (Å²) in [6.45, 7) is 3.54. The molecular formula is C39H74O10. The zero-order chi connectivity index (χ0) is 36.4. The molecule has 1 rings (SSSR count). The van der Waals surface area contributed by atoms with Gasteiger partial charge >= 0.3 is 11.9 Å². The molecule has 0 saturated carbocycles. The fraction of sp³-hybridized carbons (Fsp3) is 0.897. The Kier molecular flexibility index (Phi) is 33.8. The number of aliphatic hydroxyl groups excluding tert-OH is 5. The Morgan fingerprint density at radius 3 is 1.55 bits per heavy atom. The molecule has 0 radical (unpaired) electrons. The first kappa shape index (κ1) is 47.4. The van der Waals surface area contributed by atoms with Gasteiger partial charge in [-0.2, -0.15) is 0 Å². The molecule has 0 aliphatic carbocycles. The van der Waals surface area contributed by atoms with E-state index in [-0.39, 0.29) is 25.8 Å². The van der Waals surface area contributed by atoms with Crippen LogP contribution in [0.25, 0.3) is 0 Å². The summed E-state index contributed by atoms with van der Waals surface area (Å²) in [6.07, 6.45) is 26.9. The summed E-state index contributed by atoms with van der Waals surface area (Å²) in [5.41, 5.74) is 0. The number of esters is 2. The van der Waals surface area contributed by atoms with E-state index in [1.165, 1.54) is 96.3 Å². The van der Waals surface area contributed by atoms with E-state index in [0.29, 0.717) is 12.8 Å².